The van der Waals surface area contributed by atoms with Crippen LogP contribution in [0, 0.1) is 13.8 Å². The lowest BCUT2D eigenvalue weighted by Crippen LogP contribution is -2.15. The first-order valence-corrected chi connectivity index (χ1v) is 9.39. The lowest BCUT2D eigenvalue weighted by Gasteiger charge is -2.07. The Labute approximate surface area is 165 Å². The van der Waals surface area contributed by atoms with E-state index in [2.05, 4.69) is 31.4 Å². The molecule has 0 unspecified atom stereocenters. The van der Waals surface area contributed by atoms with E-state index in [0.717, 1.165) is 17.0 Å². The summed E-state index contributed by atoms with van der Waals surface area (Å²) in [6.07, 6.45) is 1.79. The second kappa shape index (κ2) is 7.63. The minimum absolute atomic E-state index is 0.263. The van der Waals surface area contributed by atoms with Crippen molar-refractivity contribution in [1.29, 1.82) is 0 Å². The van der Waals surface area contributed by atoms with Crippen molar-refractivity contribution < 1.29 is 4.79 Å². The minimum atomic E-state index is -0.263. The second-order valence-electron chi connectivity index (χ2n) is 5.97. The third-order valence-corrected chi connectivity index (χ3v) is 4.95. The number of rotatable bonds is 5. The number of aryl methyl sites for hydroxylation is 2. The first-order valence-electron chi connectivity index (χ1n) is 8.21. The first kappa shape index (κ1) is 18.7. The molecule has 0 aliphatic carbocycles. The summed E-state index contributed by atoms with van der Waals surface area (Å²) in [5, 5.41) is 12.5. The SMILES string of the molecule is CCn1cc(Br)c(C(=O)Nc2c(C)nn(Cc3ccc(Cl)cc3)c2C)n1. The van der Waals surface area contributed by atoms with Crippen LogP contribution in [0.4, 0.5) is 5.69 Å². The van der Waals surface area contributed by atoms with Crippen molar-refractivity contribution in [3.8, 4) is 0 Å². The van der Waals surface area contributed by atoms with Gasteiger partial charge in [-0.15, -0.1) is 0 Å². The van der Waals surface area contributed by atoms with Gasteiger partial charge in [0.05, 0.1) is 28.1 Å². The Morgan fingerprint density at radius 1 is 1.23 bits per heavy atom. The Morgan fingerprint density at radius 2 is 1.92 bits per heavy atom. The largest absolute Gasteiger partial charge is 0.317 e. The van der Waals surface area contributed by atoms with Gasteiger partial charge in [0, 0.05) is 17.8 Å². The molecule has 0 spiro atoms. The number of halogens is 2. The van der Waals surface area contributed by atoms with Gasteiger partial charge in [-0.1, -0.05) is 23.7 Å². The monoisotopic (exact) mass is 435 g/mol. The third-order valence-electron chi connectivity index (χ3n) is 4.12. The molecule has 6 nitrogen and oxygen atoms in total. The highest BCUT2D eigenvalue weighted by molar-refractivity contribution is 9.10. The Bertz CT molecular complexity index is 945. The molecule has 3 rings (SSSR count). The normalized spacial score (nSPS) is 11.0. The smallest absolute Gasteiger partial charge is 0.277 e. The van der Waals surface area contributed by atoms with E-state index in [1.54, 1.807) is 10.9 Å². The van der Waals surface area contributed by atoms with Crippen LogP contribution in [0.5, 0.6) is 0 Å². The van der Waals surface area contributed by atoms with Gasteiger partial charge in [-0.2, -0.15) is 10.2 Å². The molecule has 0 radical (unpaired) electrons. The second-order valence-corrected chi connectivity index (χ2v) is 7.26. The van der Waals surface area contributed by atoms with E-state index in [-0.39, 0.29) is 5.91 Å². The summed E-state index contributed by atoms with van der Waals surface area (Å²) in [6, 6.07) is 7.64. The number of carbonyl (C=O) groups excluding carboxylic acids is 1. The number of benzene rings is 1. The number of aromatic nitrogens is 4. The summed E-state index contributed by atoms with van der Waals surface area (Å²) in [5.74, 6) is -0.263. The van der Waals surface area contributed by atoms with E-state index in [1.807, 2.05) is 49.7 Å². The number of nitrogens with one attached hydrogen (secondary N) is 1. The van der Waals surface area contributed by atoms with E-state index >= 15 is 0 Å². The minimum Gasteiger partial charge on any atom is -0.317 e. The number of amides is 1. The molecular formula is C18H19BrClN5O. The molecule has 0 fully saturated rings. The number of carbonyl (C=O) groups is 1. The molecular weight excluding hydrogens is 418 g/mol. The molecule has 8 heteroatoms. The van der Waals surface area contributed by atoms with Gasteiger partial charge < -0.3 is 5.32 Å². The standard InChI is InChI=1S/C18H19BrClN5O/c1-4-24-10-15(19)17(23-24)18(26)21-16-11(2)22-25(12(16)3)9-13-5-7-14(20)8-6-13/h5-8,10H,4,9H2,1-3H3,(H,21,26). The number of hydrogen-bond donors (Lipinski definition) is 1. The third kappa shape index (κ3) is 3.83. The van der Waals surface area contributed by atoms with Crippen LogP contribution in [0.3, 0.4) is 0 Å². The molecule has 2 heterocycles. The van der Waals surface area contributed by atoms with Crippen molar-refractivity contribution in [2.45, 2.75) is 33.9 Å². The number of nitrogens with zero attached hydrogens (tertiary/aromatic N) is 4. The number of anilines is 1. The molecule has 3 aromatic rings. The van der Waals surface area contributed by atoms with Gasteiger partial charge in [-0.3, -0.25) is 14.2 Å². The van der Waals surface area contributed by atoms with Gasteiger partial charge in [-0.05, 0) is 54.4 Å². The molecule has 0 saturated heterocycles. The maximum absolute atomic E-state index is 12.6. The van der Waals surface area contributed by atoms with Crippen LogP contribution in [0.1, 0.15) is 34.4 Å². The van der Waals surface area contributed by atoms with Crippen LogP contribution in [0.25, 0.3) is 0 Å². The fourth-order valence-electron chi connectivity index (χ4n) is 2.68. The van der Waals surface area contributed by atoms with Gasteiger partial charge >= 0.3 is 0 Å². The van der Waals surface area contributed by atoms with Crippen molar-refractivity contribution >= 4 is 39.1 Å². The molecule has 1 N–H and O–H groups in total. The lowest BCUT2D eigenvalue weighted by molar-refractivity contribution is 0.102. The predicted molar refractivity (Wildman–Crippen MR) is 106 cm³/mol. The maximum atomic E-state index is 12.6. The molecule has 1 amide bonds. The molecule has 0 atom stereocenters. The fourth-order valence-corrected chi connectivity index (χ4v) is 3.30. The van der Waals surface area contributed by atoms with Gasteiger partial charge in [-0.25, -0.2) is 0 Å². The average molecular weight is 437 g/mol. The summed E-state index contributed by atoms with van der Waals surface area (Å²) in [5.41, 5.74) is 3.80. The Morgan fingerprint density at radius 3 is 2.54 bits per heavy atom. The average Bonchev–Trinajstić information content (AvgIpc) is 3.12. The summed E-state index contributed by atoms with van der Waals surface area (Å²) >= 11 is 9.32. The van der Waals surface area contributed by atoms with Crippen molar-refractivity contribution in [1.82, 2.24) is 19.6 Å². The number of hydrogen-bond acceptors (Lipinski definition) is 3. The highest BCUT2D eigenvalue weighted by Crippen LogP contribution is 2.23. The van der Waals surface area contributed by atoms with E-state index in [1.165, 1.54) is 0 Å². The molecule has 0 bridgehead atoms. The zero-order valence-corrected chi connectivity index (χ0v) is 17.1. The van der Waals surface area contributed by atoms with Crippen LogP contribution in [-0.2, 0) is 13.1 Å². The fraction of sp³-hybridized carbons (Fsp3) is 0.278. The van der Waals surface area contributed by atoms with Crippen LogP contribution in [0.15, 0.2) is 34.9 Å². The van der Waals surface area contributed by atoms with Gasteiger partial charge in [0.1, 0.15) is 0 Å². The molecule has 0 saturated carbocycles. The van der Waals surface area contributed by atoms with E-state index in [4.69, 9.17) is 11.6 Å². The molecule has 26 heavy (non-hydrogen) atoms. The topological polar surface area (TPSA) is 64.7 Å². The summed E-state index contributed by atoms with van der Waals surface area (Å²) in [7, 11) is 0. The quantitative estimate of drug-likeness (QED) is 0.643. The maximum Gasteiger partial charge on any atom is 0.277 e. The van der Waals surface area contributed by atoms with Crippen molar-refractivity contribution in [3.63, 3.8) is 0 Å². The first-order chi connectivity index (χ1) is 12.4. The van der Waals surface area contributed by atoms with E-state index in [0.29, 0.717) is 34.0 Å². The van der Waals surface area contributed by atoms with Gasteiger partial charge in [0.15, 0.2) is 5.69 Å². The summed E-state index contributed by atoms with van der Waals surface area (Å²) in [6.45, 7) is 7.08. The van der Waals surface area contributed by atoms with Crippen molar-refractivity contribution in [2.24, 2.45) is 0 Å². The molecule has 0 aliphatic heterocycles. The van der Waals surface area contributed by atoms with Crippen LogP contribution in [-0.4, -0.2) is 25.5 Å². The van der Waals surface area contributed by atoms with Crippen LogP contribution < -0.4 is 5.32 Å². The molecule has 2 aromatic heterocycles. The highest BCUT2D eigenvalue weighted by Gasteiger charge is 2.19. The highest BCUT2D eigenvalue weighted by atomic mass is 79.9. The van der Waals surface area contributed by atoms with E-state index in [9.17, 15) is 4.79 Å². The van der Waals surface area contributed by atoms with Crippen molar-refractivity contribution in [2.75, 3.05) is 5.32 Å². The Balaban J connectivity index is 1.82. The summed E-state index contributed by atoms with van der Waals surface area (Å²) in [4.78, 5) is 12.6. The molecule has 0 aliphatic rings. The zero-order chi connectivity index (χ0) is 18.8. The Hall–Kier alpha value is -2.12. The van der Waals surface area contributed by atoms with E-state index < -0.39 is 0 Å². The summed E-state index contributed by atoms with van der Waals surface area (Å²) < 4.78 is 4.25. The molecule has 1 aromatic carbocycles. The van der Waals surface area contributed by atoms with Gasteiger partial charge in [0.25, 0.3) is 5.91 Å². The van der Waals surface area contributed by atoms with Crippen LogP contribution in [0.2, 0.25) is 5.02 Å². The zero-order valence-electron chi connectivity index (χ0n) is 14.8. The van der Waals surface area contributed by atoms with Crippen molar-refractivity contribution in [3.05, 3.63) is 62.6 Å². The lowest BCUT2D eigenvalue weighted by atomic mass is 10.2. The predicted octanol–water partition coefficient (Wildman–Crippen LogP) is 4.43. The van der Waals surface area contributed by atoms with Gasteiger partial charge in [0.2, 0.25) is 0 Å². The molecule has 136 valence electrons. The Kier molecular flexibility index (Phi) is 5.48. The van der Waals surface area contributed by atoms with Crippen LogP contribution >= 0.6 is 27.5 Å².